The van der Waals surface area contributed by atoms with Gasteiger partial charge in [0.2, 0.25) is 0 Å². The minimum atomic E-state index is -0.908. The minimum Gasteiger partial charge on any atom is -0.478 e. The van der Waals surface area contributed by atoms with Crippen LogP contribution in [0, 0.1) is 6.92 Å². The molecule has 0 aliphatic carbocycles. The number of pyridine rings is 1. The van der Waals surface area contributed by atoms with Crippen LogP contribution in [-0.2, 0) is 4.74 Å². The number of morpholine rings is 1. The molecule has 0 aromatic carbocycles. The van der Waals surface area contributed by atoms with Gasteiger partial charge in [-0.05, 0) is 31.4 Å². The van der Waals surface area contributed by atoms with Gasteiger partial charge in [0.1, 0.15) is 11.4 Å². The lowest BCUT2D eigenvalue weighted by Crippen LogP contribution is -2.43. The van der Waals surface area contributed by atoms with Crippen molar-refractivity contribution >= 4 is 11.8 Å². The third-order valence-corrected chi connectivity index (χ3v) is 3.70. The molecule has 2 saturated heterocycles. The molecule has 1 aromatic heterocycles. The molecule has 0 saturated carbocycles. The van der Waals surface area contributed by atoms with Crippen LogP contribution >= 0.6 is 0 Å². The summed E-state index contributed by atoms with van der Waals surface area (Å²) in [6, 6.07) is 1.74. The van der Waals surface area contributed by atoms with Gasteiger partial charge in [-0.1, -0.05) is 0 Å². The molecule has 18 heavy (non-hydrogen) atoms. The van der Waals surface area contributed by atoms with Crippen LogP contribution in [0.3, 0.4) is 0 Å². The molecule has 0 radical (unpaired) electrons. The fourth-order valence-electron chi connectivity index (χ4n) is 2.84. The largest absolute Gasteiger partial charge is 0.478 e. The first-order valence-electron chi connectivity index (χ1n) is 6.24. The van der Waals surface area contributed by atoms with E-state index in [2.05, 4.69) is 9.88 Å². The monoisotopic (exact) mass is 248 g/mol. The summed E-state index contributed by atoms with van der Waals surface area (Å²) in [6.07, 6.45) is 4.26. The highest BCUT2D eigenvalue weighted by molar-refractivity contribution is 5.95. The second-order valence-electron chi connectivity index (χ2n) is 4.99. The summed E-state index contributed by atoms with van der Waals surface area (Å²) in [5.41, 5.74) is 1.07. The number of carboxylic acids is 1. The molecule has 2 aliphatic heterocycles. The minimum absolute atomic E-state index is 0.229. The summed E-state index contributed by atoms with van der Waals surface area (Å²) in [4.78, 5) is 17.7. The topological polar surface area (TPSA) is 62.7 Å². The number of carbonyl (C=O) groups is 1. The molecule has 5 heteroatoms. The fraction of sp³-hybridized carbons (Fsp3) is 0.538. The summed E-state index contributed by atoms with van der Waals surface area (Å²) in [6.45, 7) is 3.30. The molecular weight excluding hydrogens is 232 g/mol. The second-order valence-corrected chi connectivity index (χ2v) is 4.99. The van der Waals surface area contributed by atoms with E-state index in [1.807, 2.05) is 6.92 Å². The molecule has 1 aromatic rings. The smallest absolute Gasteiger partial charge is 0.339 e. The molecule has 0 amide bonds. The van der Waals surface area contributed by atoms with Crippen molar-refractivity contribution < 1.29 is 14.6 Å². The lowest BCUT2D eigenvalue weighted by atomic mass is 10.1. The second kappa shape index (κ2) is 4.24. The number of anilines is 1. The number of nitrogens with zero attached hydrogens (tertiary/aromatic N) is 2. The molecule has 3 heterocycles. The molecule has 0 spiro atoms. The lowest BCUT2D eigenvalue weighted by molar-refractivity contribution is 0.0300. The van der Waals surface area contributed by atoms with Gasteiger partial charge in [-0.2, -0.15) is 0 Å². The van der Waals surface area contributed by atoms with E-state index >= 15 is 0 Å². The maximum Gasteiger partial charge on any atom is 0.339 e. The van der Waals surface area contributed by atoms with Crippen LogP contribution in [0.1, 0.15) is 28.8 Å². The SMILES string of the molecule is Cc1ccnc(N2CC3CCC(C2)O3)c1C(=O)O. The van der Waals surface area contributed by atoms with Gasteiger partial charge in [0.25, 0.3) is 0 Å². The zero-order chi connectivity index (χ0) is 12.7. The number of aromatic nitrogens is 1. The third-order valence-electron chi connectivity index (χ3n) is 3.70. The van der Waals surface area contributed by atoms with E-state index < -0.39 is 5.97 Å². The van der Waals surface area contributed by atoms with Crippen LogP contribution in [0.2, 0.25) is 0 Å². The van der Waals surface area contributed by atoms with E-state index in [0.717, 1.165) is 31.5 Å². The first-order valence-corrected chi connectivity index (χ1v) is 6.24. The van der Waals surface area contributed by atoms with Gasteiger partial charge in [-0.25, -0.2) is 9.78 Å². The molecule has 2 atom stereocenters. The number of hydrogen-bond acceptors (Lipinski definition) is 4. The third kappa shape index (κ3) is 1.84. The van der Waals surface area contributed by atoms with Gasteiger partial charge < -0.3 is 14.7 Å². The number of fused-ring (bicyclic) bond motifs is 2. The highest BCUT2D eigenvalue weighted by atomic mass is 16.5. The highest BCUT2D eigenvalue weighted by Gasteiger charge is 2.35. The predicted molar refractivity (Wildman–Crippen MR) is 66.0 cm³/mol. The van der Waals surface area contributed by atoms with Gasteiger partial charge in [-0.15, -0.1) is 0 Å². The Labute approximate surface area is 105 Å². The van der Waals surface area contributed by atoms with Gasteiger partial charge in [0.05, 0.1) is 12.2 Å². The van der Waals surface area contributed by atoms with Gasteiger partial charge >= 0.3 is 5.97 Å². The summed E-state index contributed by atoms with van der Waals surface area (Å²) in [7, 11) is 0. The first-order chi connectivity index (χ1) is 8.65. The van der Waals surface area contributed by atoms with E-state index in [1.54, 1.807) is 12.3 Å². The molecule has 2 bridgehead atoms. The van der Waals surface area contributed by atoms with E-state index in [1.165, 1.54) is 0 Å². The van der Waals surface area contributed by atoms with Crippen molar-refractivity contribution in [2.75, 3.05) is 18.0 Å². The van der Waals surface area contributed by atoms with Gasteiger partial charge in [-0.3, -0.25) is 0 Å². The molecule has 5 nitrogen and oxygen atoms in total. The lowest BCUT2D eigenvalue weighted by Gasteiger charge is -2.33. The Kier molecular flexibility index (Phi) is 2.70. The van der Waals surface area contributed by atoms with Crippen molar-refractivity contribution in [2.45, 2.75) is 32.0 Å². The number of carboxylic acid groups (broad SMARTS) is 1. The average molecular weight is 248 g/mol. The Morgan fingerprint density at radius 3 is 2.72 bits per heavy atom. The van der Waals surface area contributed by atoms with E-state index in [-0.39, 0.29) is 12.2 Å². The highest BCUT2D eigenvalue weighted by Crippen LogP contribution is 2.31. The summed E-state index contributed by atoms with van der Waals surface area (Å²) in [5.74, 6) is -0.322. The van der Waals surface area contributed by atoms with Crippen LogP contribution in [0.4, 0.5) is 5.82 Å². The van der Waals surface area contributed by atoms with Crippen LogP contribution in [0.15, 0.2) is 12.3 Å². The number of aryl methyl sites for hydroxylation is 1. The van der Waals surface area contributed by atoms with Crippen LogP contribution in [0.5, 0.6) is 0 Å². The quantitative estimate of drug-likeness (QED) is 0.858. The van der Waals surface area contributed by atoms with Crippen molar-refractivity contribution in [1.29, 1.82) is 0 Å². The Morgan fingerprint density at radius 2 is 2.11 bits per heavy atom. The molecule has 1 N–H and O–H groups in total. The van der Waals surface area contributed by atoms with Gasteiger partial charge in [0.15, 0.2) is 0 Å². The number of rotatable bonds is 2. The fourth-order valence-corrected chi connectivity index (χ4v) is 2.84. The maximum absolute atomic E-state index is 11.4. The van der Waals surface area contributed by atoms with E-state index in [4.69, 9.17) is 4.74 Å². The van der Waals surface area contributed by atoms with Crippen molar-refractivity contribution in [1.82, 2.24) is 4.98 Å². The number of hydrogen-bond donors (Lipinski definition) is 1. The van der Waals surface area contributed by atoms with Gasteiger partial charge in [0, 0.05) is 19.3 Å². The summed E-state index contributed by atoms with van der Waals surface area (Å²) >= 11 is 0. The van der Waals surface area contributed by atoms with Crippen molar-refractivity contribution in [3.05, 3.63) is 23.4 Å². The van der Waals surface area contributed by atoms with Crippen LogP contribution in [0.25, 0.3) is 0 Å². The zero-order valence-electron chi connectivity index (χ0n) is 10.3. The first kappa shape index (κ1) is 11.5. The van der Waals surface area contributed by atoms with Crippen molar-refractivity contribution in [3.63, 3.8) is 0 Å². The molecule has 2 fully saturated rings. The molecule has 96 valence electrons. The predicted octanol–water partition coefficient (Wildman–Crippen LogP) is 1.46. The molecule has 2 unspecified atom stereocenters. The molecular formula is C13H16N2O3. The number of aromatic carboxylic acids is 1. The Morgan fingerprint density at radius 1 is 1.44 bits per heavy atom. The summed E-state index contributed by atoms with van der Waals surface area (Å²) < 4.78 is 5.76. The Bertz CT molecular complexity index is 477. The summed E-state index contributed by atoms with van der Waals surface area (Å²) in [5, 5.41) is 9.33. The number of ether oxygens (including phenoxy) is 1. The van der Waals surface area contributed by atoms with E-state index in [9.17, 15) is 9.90 Å². The Balaban J connectivity index is 1.97. The van der Waals surface area contributed by atoms with E-state index in [0.29, 0.717) is 11.4 Å². The van der Waals surface area contributed by atoms with Crippen molar-refractivity contribution in [3.8, 4) is 0 Å². The maximum atomic E-state index is 11.4. The van der Waals surface area contributed by atoms with Crippen LogP contribution < -0.4 is 4.90 Å². The van der Waals surface area contributed by atoms with Crippen LogP contribution in [-0.4, -0.2) is 41.4 Å². The van der Waals surface area contributed by atoms with Crippen molar-refractivity contribution in [2.24, 2.45) is 0 Å². The zero-order valence-corrected chi connectivity index (χ0v) is 10.3. The average Bonchev–Trinajstić information content (AvgIpc) is 2.67. The standard InChI is InChI=1S/C13H16N2O3/c1-8-4-5-14-12(11(8)13(16)17)15-6-9-2-3-10(7-15)18-9/h4-5,9-10H,2-3,6-7H2,1H3,(H,16,17). The Hall–Kier alpha value is -1.62. The molecule has 3 rings (SSSR count). The molecule has 2 aliphatic rings. The normalized spacial score (nSPS) is 26.4.